The molecule has 2 heteroatoms. The van der Waals surface area contributed by atoms with Gasteiger partial charge >= 0.3 is 0 Å². The molecular weight excluding hydrogens is 174 g/mol. The summed E-state index contributed by atoms with van der Waals surface area (Å²) in [5, 5.41) is 3.38. The summed E-state index contributed by atoms with van der Waals surface area (Å²) in [6.45, 7) is 3.34. The van der Waals surface area contributed by atoms with Gasteiger partial charge in [0.05, 0.1) is 6.10 Å². The average molecular weight is 195 g/mol. The Morgan fingerprint density at radius 2 is 2.21 bits per heavy atom. The van der Waals surface area contributed by atoms with Crippen LogP contribution in [0.4, 0.5) is 0 Å². The molecule has 1 atom stereocenters. The van der Waals surface area contributed by atoms with Gasteiger partial charge in [-0.05, 0) is 51.6 Å². The number of allylic oxidation sites excluding steroid dienone is 1. The number of nitrogens with one attached hydrogen (secondary N) is 1. The van der Waals surface area contributed by atoms with Gasteiger partial charge in [0.1, 0.15) is 0 Å². The predicted molar refractivity (Wildman–Crippen MR) is 58.4 cm³/mol. The molecule has 80 valence electrons. The van der Waals surface area contributed by atoms with Gasteiger partial charge in [-0.25, -0.2) is 0 Å². The average Bonchev–Trinajstić information content (AvgIpc) is 2.72. The topological polar surface area (TPSA) is 21.3 Å². The van der Waals surface area contributed by atoms with E-state index in [4.69, 9.17) is 4.74 Å². The third-order valence-corrected chi connectivity index (χ3v) is 3.19. The van der Waals surface area contributed by atoms with Gasteiger partial charge in [-0.3, -0.25) is 0 Å². The molecule has 2 heterocycles. The van der Waals surface area contributed by atoms with E-state index in [1.54, 1.807) is 5.57 Å². The van der Waals surface area contributed by atoms with Gasteiger partial charge in [-0.15, -0.1) is 0 Å². The molecule has 1 unspecified atom stereocenters. The fourth-order valence-corrected chi connectivity index (χ4v) is 2.30. The third-order valence-electron chi connectivity index (χ3n) is 3.19. The van der Waals surface area contributed by atoms with Gasteiger partial charge in [0.25, 0.3) is 0 Å². The van der Waals surface area contributed by atoms with Crippen LogP contribution < -0.4 is 5.32 Å². The van der Waals surface area contributed by atoms with Gasteiger partial charge in [-0.1, -0.05) is 11.6 Å². The summed E-state index contributed by atoms with van der Waals surface area (Å²) in [6, 6.07) is 0. The highest BCUT2D eigenvalue weighted by Gasteiger charge is 2.14. The molecule has 2 nitrogen and oxygen atoms in total. The summed E-state index contributed by atoms with van der Waals surface area (Å²) in [5.41, 5.74) is 1.65. The summed E-state index contributed by atoms with van der Waals surface area (Å²) in [6.07, 6.45) is 10.5. The van der Waals surface area contributed by atoms with Crippen LogP contribution in [0.1, 0.15) is 38.5 Å². The number of piperidine rings is 1. The minimum atomic E-state index is 0.563. The molecule has 2 aliphatic heterocycles. The highest BCUT2D eigenvalue weighted by atomic mass is 16.5. The Morgan fingerprint density at radius 3 is 2.93 bits per heavy atom. The lowest BCUT2D eigenvalue weighted by atomic mass is 10.0. The van der Waals surface area contributed by atoms with Crippen LogP contribution in [0, 0.1) is 0 Å². The largest absolute Gasteiger partial charge is 0.378 e. The Balaban J connectivity index is 1.64. The molecule has 0 spiro atoms. The highest BCUT2D eigenvalue weighted by molar-refractivity contribution is 5.05. The van der Waals surface area contributed by atoms with Gasteiger partial charge < -0.3 is 10.1 Å². The Bertz CT molecular complexity index is 186. The van der Waals surface area contributed by atoms with E-state index in [0.717, 1.165) is 6.61 Å². The quantitative estimate of drug-likeness (QED) is 0.697. The van der Waals surface area contributed by atoms with Crippen LogP contribution in [0.15, 0.2) is 11.6 Å². The van der Waals surface area contributed by atoms with E-state index >= 15 is 0 Å². The molecule has 2 saturated heterocycles. The third kappa shape index (κ3) is 3.10. The summed E-state index contributed by atoms with van der Waals surface area (Å²) >= 11 is 0. The van der Waals surface area contributed by atoms with Crippen molar-refractivity contribution in [2.75, 3.05) is 19.7 Å². The molecule has 2 aliphatic rings. The van der Waals surface area contributed by atoms with Gasteiger partial charge in [0.15, 0.2) is 0 Å². The molecule has 0 aromatic heterocycles. The van der Waals surface area contributed by atoms with Crippen molar-refractivity contribution >= 4 is 0 Å². The van der Waals surface area contributed by atoms with Crippen LogP contribution in [-0.2, 0) is 4.74 Å². The van der Waals surface area contributed by atoms with Crippen molar-refractivity contribution < 1.29 is 4.74 Å². The van der Waals surface area contributed by atoms with Crippen molar-refractivity contribution in [2.24, 2.45) is 0 Å². The molecule has 0 radical (unpaired) electrons. The van der Waals surface area contributed by atoms with E-state index < -0.39 is 0 Å². The summed E-state index contributed by atoms with van der Waals surface area (Å²) < 4.78 is 5.60. The summed E-state index contributed by atoms with van der Waals surface area (Å²) in [4.78, 5) is 0. The SMILES string of the molecule is C(CCC1CCCO1)=C1CCNCC1. The first kappa shape index (κ1) is 10.2. The van der Waals surface area contributed by atoms with Crippen LogP contribution in [0.25, 0.3) is 0 Å². The lowest BCUT2D eigenvalue weighted by Crippen LogP contribution is -2.23. The second kappa shape index (κ2) is 5.52. The number of hydrogen-bond acceptors (Lipinski definition) is 2. The van der Waals surface area contributed by atoms with Gasteiger partial charge in [0.2, 0.25) is 0 Å². The standard InChI is InChI=1S/C12H21NO/c1(4-12-5-2-10-14-12)3-11-6-8-13-9-7-11/h3,12-13H,1-2,4-10H2. The monoisotopic (exact) mass is 195 g/mol. The van der Waals surface area contributed by atoms with Crippen molar-refractivity contribution in [1.82, 2.24) is 5.32 Å². The molecule has 2 rings (SSSR count). The summed E-state index contributed by atoms with van der Waals surface area (Å²) in [7, 11) is 0. The molecule has 1 N–H and O–H groups in total. The molecular formula is C12H21NO. The Labute approximate surface area is 86.7 Å². The Morgan fingerprint density at radius 1 is 1.36 bits per heavy atom. The first-order valence-electron chi connectivity index (χ1n) is 5.95. The fourth-order valence-electron chi connectivity index (χ4n) is 2.30. The maximum atomic E-state index is 5.60. The van der Waals surface area contributed by atoms with Crippen molar-refractivity contribution in [3.05, 3.63) is 11.6 Å². The minimum absolute atomic E-state index is 0.563. The fraction of sp³-hybridized carbons (Fsp3) is 0.833. The summed E-state index contributed by atoms with van der Waals surface area (Å²) in [5.74, 6) is 0. The number of ether oxygens (including phenoxy) is 1. The van der Waals surface area contributed by atoms with E-state index in [0.29, 0.717) is 6.10 Å². The zero-order valence-corrected chi connectivity index (χ0v) is 8.93. The molecule has 0 aromatic rings. The lowest BCUT2D eigenvalue weighted by molar-refractivity contribution is 0.105. The predicted octanol–water partition coefficient (Wildman–Crippen LogP) is 2.26. The van der Waals surface area contributed by atoms with Crippen LogP contribution >= 0.6 is 0 Å². The minimum Gasteiger partial charge on any atom is -0.378 e. The molecule has 0 amide bonds. The molecule has 0 aliphatic carbocycles. The van der Waals surface area contributed by atoms with Crippen molar-refractivity contribution in [3.8, 4) is 0 Å². The first-order valence-corrected chi connectivity index (χ1v) is 5.95. The maximum absolute atomic E-state index is 5.60. The molecule has 0 bridgehead atoms. The van der Waals surface area contributed by atoms with Crippen LogP contribution in [-0.4, -0.2) is 25.8 Å². The van der Waals surface area contributed by atoms with E-state index in [1.807, 2.05) is 0 Å². The van der Waals surface area contributed by atoms with Crippen LogP contribution in [0.2, 0.25) is 0 Å². The number of hydrogen-bond donors (Lipinski definition) is 1. The highest BCUT2D eigenvalue weighted by Crippen LogP contribution is 2.18. The molecule has 14 heavy (non-hydrogen) atoms. The Kier molecular flexibility index (Phi) is 4.02. The van der Waals surface area contributed by atoms with Crippen LogP contribution in [0.3, 0.4) is 0 Å². The Hall–Kier alpha value is -0.340. The van der Waals surface area contributed by atoms with E-state index in [-0.39, 0.29) is 0 Å². The normalized spacial score (nSPS) is 28.0. The van der Waals surface area contributed by atoms with Crippen molar-refractivity contribution in [2.45, 2.75) is 44.6 Å². The maximum Gasteiger partial charge on any atom is 0.0579 e. The molecule has 0 saturated carbocycles. The zero-order chi connectivity index (χ0) is 9.64. The number of rotatable bonds is 3. The second-order valence-electron chi connectivity index (χ2n) is 4.32. The second-order valence-corrected chi connectivity index (χ2v) is 4.32. The zero-order valence-electron chi connectivity index (χ0n) is 8.93. The van der Waals surface area contributed by atoms with E-state index in [2.05, 4.69) is 11.4 Å². The smallest absolute Gasteiger partial charge is 0.0579 e. The van der Waals surface area contributed by atoms with E-state index in [1.165, 1.54) is 51.6 Å². The van der Waals surface area contributed by atoms with Crippen molar-refractivity contribution in [1.29, 1.82) is 0 Å². The van der Waals surface area contributed by atoms with Gasteiger partial charge in [-0.2, -0.15) is 0 Å². The first-order chi connectivity index (χ1) is 6.95. The van der Waals surface area contributed by atoms with E-state index in [9.17, 15) is 0 Å². The molecule has 2 fully saturated rings. The van der Waals surface area contributed by atoms with Crippen LogP contribution in [0.5, 0.6) is 0 Å². The lowest BCUT2D eigenvalue weighted by Gasteiger charge is -2.15. The van der Waals surface area contributed by atoms with Gasteiger partial charge in [0, 0.05) is 6.61 Å². The van der Waals surface area contributed by atoms with Crippen molar-refractivity contribution in [3.63, 3.8) is 0 Å². The molecule has 0 aromatic carbocycles.